The highest BCUT2D eigenvalue weighted by molar-refractivity contribution is 14.0. The molecule has 3 heterocycles. The molecular formula is C19H33IN4O2. The average molecular weight is 476 g/mol. The van der Waals surface area contributed by atoms with Gasteiger partial charge in [0.1, 0.15) is 6.54 Å². The van der Waals surface area contributed by atoms with E-state index in [2.05, 4.69) is 10.2 Å². The summed E-state index contributed by atoms with van der Waals surface area (Å²) in [7, 11) is 3.59. The van der Waals surface area contributed by atoms with Gasteiger partial charge in [0, 0.05) is 45.1 Å². The fraction of sp³-hybridized carbons (Fsp3) is 0.895. The summed E-state index contributed by atoms with van der Waals surface area (Å²) in [6.07, 6.45) is 9.74. The van der Waals surface area contributed by atoms with Gasteiger partial charge in [-0.25, -0.2) is 4.99 Å². The van der Waals surface area contributed by atoms with E-state index in [4.69, 9.17) is 9.73 Å². The molecule has 0 aromatic heterocycles. The van der Waals surface area contributed by atoms with Crippen LogP contribution in [-0.4, -0.2) is 73.6 Å². The number of carbonyl (C=O) groups excluding carboxylic acids is 1. The fourth-order valence-electron chi connectivity index (χ4n) is 5.08. The Kier molecular flexibility index (Phi) is 6.69. The summed E-state index contributed by atoms with van der Waals surface area (Å²) in [6.45, 7) is 2.29. The summed E-state index contributed by atoms with van der Waals surface area (Å²) in [5, 5.41) is 3.70. The average Bonchev–Trinajstić information content (AvgIpc) is 3.31. The van der Waals surface area contributed by atoms with Gasteiger partial charge in [0.25, 0.3) is 0 Å². The first-order valence-electron chi connectivity index (χ1n) is 10.0. The number of guanidine groups is 1. The minimum absolute atomic E-state index is 0. The molecule has 0 radical (unpaired) electrons. The molecule has 4 rings (SSSR count). The quantitative estimate of drug-likeness (QED) is 0.385. The van der Waals surface area contributed by atoms with Crippen LogP contribution in [0.1, 0.15) is 44.9 Å². The summed E-state index contributed by atoms with van der Waals surface area (Å²) in [5.74, 6) is 2.32. The lowest BCUT2D eigenvalue weighted by atomic mass is 9.82. The van der Waals surface area contributed by atoms with Crippen molar-refractivity contribution in [1.82, 2.24) is 15.1 Å². The Morgan fingerprint density at radius 3 is 2.27 bits per heavy atom. The van der Waals surface area contributed by atoms with E-state index < -0.39 is 0 Å². The van der Waals surface area contributed by atoms with Crippen LogP contribution in [0.2, 0.25) is 0 Å². The van der Waals surface area contributed by atoms with Crippen LogP contribution in [0.4, 0.5) is 0 Å². The summed E-state index contributed by atoms with van der Waals surface area (Å²) < 4.78 is 6.10. The molecule has 7 heteroatoms. The van der Waals surface area contributed by atoms with E-state index in [9.17, 15) is 4.79 Å². The second-order valence-corrected chi connectivity index (χ2v) is 8.43. The van der Waals surface area contributed by atoms with Crippen LogP contribution in [0.25, 0.3) is 0 Å². The predicted molar refractivity (Wildman–Crippen MR) is 113 cm³/mol. The van der Waals surface area contributed by atoms with Gasteiger partial charge in [-0.15, -0.1) is 24.0 Å². The zero-order valence-corrected chi connectivity index (χ0v) is 18.4. The highest BCUT2D eigenvalue weighted by Crippen LogP contribution is 2.47. The van der Waals surface area contributed by atoms with E-state index >= 15 is 0 Å². The standard InChI is InChI=1S/C19H32N4O2.HI/c1-22(2)18(24)10-20-19(21-13-6-4-3-5-7-13)23-11-14-15(12-23)17-9-8-16(14)25-17;/h13-17H,3-12H2,1-2H3,(H,20,21);1H. The van der Waals surface area contributed by atoms with Crippen molar-refractivity contribution in [2.75, 3.05) is 33.7 Å². The smallest absolute Gasteiger partial charge is 0.243 e. The maximum absolute atomic E-state index is 12.0. The summed E-state index contributed by atoms with van der Waals surface area (Å²) in [5.41, 5.74) is 0. The molecule has 2 bridgehead atoms. The van der Waals surface area contributed by atoms with Gasteiger partial charge in [0.05, 0.1) is 12.2 Å². The Morgan fingerprint density at radius 2 is 1.69 bits per heavy atom. The molecule has 148 valence electrons. The monoisotopic (exact) mass is 476 g/mol. The molecule has 0 spiro atoms. The van der Waals surface area contributed by atoms with Gasteiger partial charge >= 0.3 is 0 Å². The zero-order chi connectivity index (χ0) is 17.4. The fourth-order valence-corrected chi connectivity index (χ4v) is 5.08. The third-order valence-corrected chi connectivity index (χ3v) is 6.55. The number of nitrogens with zero attached hydrogens (tertiary/aromatic N) is 3. The number of hydrogen-bond donors (Lipinski definition) is 1. The zero-order valence-electron chi connectivity index (χ0n) is 16.0. The number of halogens is 1. The molecule has 6 nitrogen and oxygen atoms in total. The number of carbonyl (C=O) groups is 1. The van der Waals surface area contributed by atoms with Gasteiger partial charge < -0.3 is 19.9 Å². The first kappa shape index (κ1) is 20.2. The Balaban J connectivity index is 0.00000196. The lowest BCUT2D eigenvalue weighted by molar-refractivity contribution is -0.127. The normalized spacial score (nSPS) is 33.8. The van der Waals surface area contributed by atoms with Gasteiger partial charge in [0.15, 0.2) is 5.96 Å². The van der Waals surface area contributed by atoms with Crippen LogP contribution < -0.4 is 5.32 Å². The van der Waals surface area contributed by atoms with Crippen molar-refractivity contribution in [1.29, 1.82) is 0 Å². The first-order valence-corrected chi connectivity index (χ1v) is 10.0. The third kappa shape index (κ3) is 4.13. The molecule has 1 aliphatic carbocycles. The van der Waals surface area contributed by atoms with Gasteiger partial charge in [-0.05, 0) is 25.7 Å². The third-order valence-electron chi connectivity index (χ3n) is 6.55. The minimum atomic E-state index is 0. The highest BCUT2D eigenvalue weighted by Gasteiger charge is 2.53. The van der Waals surface area contributed by atoms with Crippen molar-refractivity contribution >= 4 is 35.8 Å². The van der Waals surface area contributed by atoms with E-state index in [1.807, 2.05) is 0 Å². The second kappa shape index (κ2) is 8.63. The summed E-state index contributed by atoms with van der Waals surface area (Å²) >= 11 is 0. The van der Waals surface area contributed by atoms with Crippen molar-refractivity contribution in [3.05, 3.63) is 0 Å². The van der Waals surface area contributed by atoms with E-state index in [-0.39, 0.29) is 36.4 Å². The largest absolute Gasteiger partial charge is 0.374 e. The number of rotatable bonds is 3. The summed E-state index contributed by atoms with van der Waals surface area (Å²) in [4.78, 5) is 20.8. The van der Waals surface area contributed by atoms with E-state index in [1.165, 1.54) is 44.9 Å². The van der Waals surface area contributed by atoms with Crippen LogP contribution in [0.3, 0.4) is 0 Å². The lowest BCUT2D eigenvalue weighted by Crippen LogP contribution is -2.47. The van der Waals surface area contributed by atoms with E-state index in [1.54, 1.807) is 19.0 Å². The molecule has 1 N–H and O–H groups in total. The van der Waals surface area contributed by atoms with Gasteiger partial charge in [-0.2, -0.15) is 0 Å². The molecule has 1 amide bonds. The number of aliphatic imine (C=N–C) groups is 1. The molecular weight excluding hydrogens is 443 g/mol. The number of likely N-dealkylation sites (tertiary alicyclic amines) is 1. The molecule has 3 aliphatic heterocycles. The first-order chi connectivity index (χ1) is 12.1. The van der Waals surface area contributed by atoms with Crippen LogP contribution in [0.5, 0.6) is 0 Å². The van der Waals surface area contributed by atoms with Crippen LogP contribution >= 0.6 is 24.0 Å². The van der Waals surface area contributed by atoms with Crippen molar-refractivity contribution in [2.45, 2.75) is 63.2 Å². The van der Waals surface area contributed by atoms with Crippen LogP contribution in [0, 0.1) is 11.8 Å². The number of ether oxygens (including phenoxy) is 1. The van der Waals surface area contributed by atoms with Crippen LogP contribution in [-0.2, 0) is 9.53 Å². The number of amides is 1. The topological polar surface area (TPSA) is 57.2 Å². The van der Waals surface area contributed by atoms with Crippen molar-refractivity contribution < 1.29 is 9.53 Å². The van der Waals surface area contributed by atoms with Crippen molar-refractivity contribution in [2.24, 2.45) is 16.8 Å². The maximum atomic E-state index is 12.0. The Hall–Kier alpha value is -0.570. The number of likely N-dealkylation sites (N-methyl/N-ethyl adjacent to an activating group) is 1. The van der Waals surface area contributed by atoms with Gasteiger partial charge in [-0.1, -0.05) is 19.3 Å². The SMILES string of the molecule is CN(C)C(=O)CN=C(NC1CCCCC1)N1CC2C3CCC(O3)C2C1.I. The molecule has 3 saturated heterocycles. The summed E-state index contributed by atoms with van der Waals surface area (Å²) in [6, 6.07) is 0.510. The maximum Gasteiger partial charge on any atom is 0.243 e. The highest BCUT2D eigenvalue weighted by atomic mass is 127. The van der Waals surface area contributed by atoms with Crippen LogP contribution in [0.15, 0.2) is 4.99 Å². The lowest BCUT2D eigenvalue weighted by Gasteiger charge is -2.30. The molecule has 4 unspecified atom stereocenters. The number of nitrogens with one attached hydrogen (secondary N) is 1. The van der Waals surface area contributed by atoms with Gasteiger partial charge in [-0.3, -0.25) is 4.79 Å². The molecule has 4 fully saturated rings. The predicted octanol–water partition coefficient (Wildman–Crippen LogP) is 2.08. The molecule has 4 aliphatic rings. The number of hydrogen-bond acceptors (Lipinski definition) is 3. The Bertz CT molecular complexity index is 518. The molecule has 4 atom stereocenters. The molecule has 0 aromatic rings. The van der Waals surface area contributed by atoms with E-state index in [0.717, 1.165) is 19.0 Å². The molecule has 0 aromatic carbocycles. The molecule has 26 heavy (non-hydrogen) atoms. The van der Waals surface area contributed by atoms with Crippen molar-refractivity contribution in [3.63, 3.8) is 0 Å². The Morgan fingerprint density at radius 1 is 1.08 bits per heavy atom. The van der Waals surface area contributed by atoms with Gasteiger partial charge in [0.2, 0.25) is 5.91 Å². The minimum Gasteiger partial charge on any atom is -0.374 e. The Labute approximate surface area is 174 Å². The second-order valence-electron chi connectivity index (χ2n) is 8.43. The van der Waals surface area contributed by atoms with E-state index in [0.29, 0.717) is 30.1 Å². The molecule has 1 saturated carbocycles. The van der Waals surface area contributed by atoms with Crippen molar-refractivity contribution in [3.8, 4) is 0 Å². The number of fused-ring (bicyclic) bond motifs is 5.